The molecule has 0 saturated heterocycles. The third-order valence-electron chi connectivity index (χ3n) is 4.75. The molecule has 10 nitrogen and oxygen atoms in total. The second kappa shape index (κ2) is 12.8. The first-order valence-corrected chi connectivity index (χ1v) is 11.1. The SMILES string of the molecule is C=CC(=O)Nc1ccc2ncnc(Nc3ccc(OCc4cccc(F)c4)c(Cl)c3)c2c1.O=C(O)C(=O)O. The van der Waals surface area contributed by atoms with Crippen molar-refractivity contribution in [3.05, 3.63) is 96.0 Å². The molecule has 1 heterocycles. The number of anilines is 3. The maximum atomic E-state index is 13.3. The zero-order valence-corrected chi connectivity index (χ0v) is 20.3. The summed E-state index contributed by atoms with van der Waals surface area (Å²) in [6, 6.07) is 16.7. The topological polar surface area (TPSA) is 151 Å². The molecule has 3 aromatic carbocycles. The molecule has 4 aromatic rings. The molecule has 4 rings (SSSR count). The minimum atomic E-state index is -1.82. The summed E-state index contributed by atoms with van der Waals surface area (Å²) in [5.74, 6) is -3.25. The molecule has 4 N–H and O–H groups in total. The molecule has 0 radical (unpaired) electrons. The fourth-order valence-corrected chi connectivity index (χ4v) is 3.28. The Labute approximate surface area is 220 Å². The van der Waals surface area contributed by atoms with Crippen LogP contribution in [0.1, 0.15) is 5.56 Å². The van der Waals surface area contributed by atoms with Crippen LogP contribution in [0.4, 0.5) is 21.6 Å². The van der Waals surface area contributed by atoms with Gasteiger partial charge in [0.05, 0.1) is 10.5 Å². The zero-order valence-electron chi connectivity index (χ0n) is 19.5. The van der Waals surface area contributed by atoms with Crippen LogP contribution in [0.15, 0.2) is 79.6 Å². The molecule has 0 aliphatic heterocycles. The number of nitrogens with zero attached hydrogens (tertiary/aromatic N) is 2. The average Bonchev–Trinajstić information content (AvgIpc) is 2.89. The lowest BCUT2D eigenvalue weighted by Gasteiger charge is -2.12. The van der Waals surface area contributed by atoms with E-state index in [1.807, 2.05) is 0 Å². The number of carboxylic acid groups (broad SMARTS) is 2. The van der Waals surface area contributed by atoms with Crippen molar-refractivity contribution in [1.29, 1.82) is 0 Å². The number of amides is 1. The third kappa shape index (κ3) is 7.73. The fraction of sp³-hybridized carbons (Fsp3) is 0.0385. The fourth-order valence-electron chi connectivity index (χ4n) is 3.05. The summed E-state index contributed by atoms with van der Waals surface area (Å²) in [4.78, 5) is 38.4. The van der Waals surface area contributed by atoms with E-state index in [0.29, 0.717) is 39.0 Å². The van der Waals surface area contributed by atoms with E-state index in [0.717, 1.165) is 5.39 Å². The van der Waals surface area contributed by atoms with Crippen molar-refractivity contribution in [3.8, 4) is 5.75 Å². The van der Waals surface area contributed by atoms with Gasteiger partial charge in [0.15, 0.2) is 0 Å². The van der Waals surface area contributed by atoms with Crippen LogP contribution < -0.4 is 15.4 Å². The summed E-state index contributed by atoms with van der Waals surface area (Å²) in [5, 5.41) is 21.8. The van der Waals surface area contributed by atoms with Crippen LogP contribution in [0.2, 0.25) is 5.02 Å². The molecule has 0 atom stereocenters. The van der Waals surface area contributed by atoms with Crippen molar-refractivity contribution in [2.24, 2.45) is 0 Å². The Hall–Kier alpha value is -5.03. The molecule has 1 aromatic heterocycles. The number of aliphatic carboxylic acids is 2. The molecule has 0 bridgehead atoms. The van der Waals surface area contributed by atoms with Crippen LogP contribution in [0.5, 0.6) is 5.75 Å². The van der Waals surface area contributed by atoms with E-state index in [2.05, 4.69) is 27.2 Å². The lowest BCUT2D eigenvalue weighted by molar-refractivity contribution is -0.159. The molecule has 0 unspecified atom stereocenters. The van der Waals surface area contributed by atoms with Crippen molar-refractivity contribution in [2.45, 2.75) is 6.61 Å². The lowest BCUT2D eigenvalue weighted by Crippen LogP contribution is -2.09. The second-order valence-electron chi connectivity index (χ2n) is 7.45. The van der Waals surface area contributed by atoms with E-state index in [1.54, 1.807) is 48.5 Å². The highest BCUT2D eigenvalue weighted by Crippen LogP contribution is 2.31. The molecule has 0 saturated carbocycles. The number of aromatic nitrogens is 2. The van der Waals surface area contributed by atoms with Gasteiger partial charge < -0.3 is 25.6 Å². The van der Waals surface area contributed by atoms with Gasteiger partial charge in [-0.2, -0.15) is 0 Å². The first kappa shape index (κ1) is 27.6. The van der Waals surface area contributed by atoms with Crippen molar-refractivity contribution >= 4 is 57.5 Å². The minimum absolute atomic E-state index is 0.194. The number of rotatable bonds is 7. The molecular formula is C26H20ClFN4O6. The van der Waals surface area contributed by atoms with Gasteiger partial charge in [0, 0.05) is 16.8 Å². The third-order valence-corrected chi connectivity index (χ3v) is 5.04. The van der Waals surface area contributed by atoms with E-state index < -0.39 is 11.9 Å². The number of carbonyl (C=O) groups is 3. The van der Waals surface area contributed by atoms with Crippen LogP contribution >= 0.6 is 11.6 Å². The largest absolute Gasteiger partial charge is 0.487 e. The number of ether oxygens (including phenoxy) is 1. The Kier molecular flexibility index (Phi) is 9.27. The van der Waals surface area contributed by atoms with E-state index in [1.165, 1.54) is 24.5 Å². The van der Waals surface area contributed by atoms with E-state index in [4.69, 9.17) is 36.1 Å². The molecular weight excluding hydrogens is 519 g/mol. The van der Waals surface area contributed by atoms with Gasteiger partial charge >= 0.3 is 11.9 Å². The van der Waals surface area contributed by atoms with E-state index in [-0.39, 0.29) is 18.3 Å². The Bertz CT molecular complexity index is 1500. The standard InChI is InChI=1S/C24H18ClFN4O2.C2H2O4/c1-2-23(31)29-17-6-8-21-19(11-17)24(28-14-27-21)30-18-7-9-22(20(25)12-18)32-13-15-4-3-5-16(26)10-15;3-1(4)2(5)6/h2-12,14H,1,13H2,(H,29,31)(H,27,28,30);(H,3,4)(H,5,6). The quantitative estimate of drug-likeness (QED) is 0.188. The second-order valence-corrected chi connectivity index (χ2v) is 7.85. The van der Waals surface area contributed by atoms with Gasteiger partial charge in [-0.1, -0.05) is 30.3 Å². The Balaban J connectivity index is 0.000000599. The highest BCUT2D eigenvalue weighted by molar-refractivity contribution is 6.32. The minimum Gasteiger partial charge on any atom is -0.487 e. The number of hydrogen-bond acceptors (Lipinski definition) is 7. The number of benzene rings is 3. The van der Waals surface area contributed by atoms with Crippen LogP contribution in [0.3, 0.4) is 0 Å². The number of halogens is 2. The molecule has 0 aliphatic carbocycles. The Morgan fingerprint density at radius 1 is 1.00 bits per heavy atom. The predicted octanol–water partition coefficient (Wildman–Crippen LogP) is 5.03. The highest BCUT2D eigenvalue weighted by Gasteiger charge is 2.09. The average molecular weight is 539 g/mol. The zero-order chi connectivity index (χ0) is 27.7. The van der Waals surface area contributed by atoms with E-state index in [9.17, 15) is 9.18 Å². The van der Waals surface area contributed by atoms with E-state index >= 15 is 0 Å². The van der Waals surface area contributed by atoms with Gasteiger partial charge in [-0.25, -0.2) is 23.9 Å². The summed E-state index contributed by atoms with van der Waals surface area (Å²) in [5.41, 5.74) is 2.70. The molecule has 194 valence electrons. The summed E-state index contributed by atoms with van der Waals surface area (Å²) in [6.45, 7) is 3.65. The number of carbonyl (C=O) groups excluding carboxylic acids is 1. The number of fused-ring (bicyclic) bond motifs is 1. The van der Waals surface area contributed by atoms with Crippen molar-refractivity contribution in [2.75, 3.05) is 10.6 Å². The van der Waals surface area contributed by atoms with Crippen LogP contribution in [-0.2, 0) is 21.0 Å². The monoisotopic (exact) mass is 538 g/mol. The van der Waals surface area contributed by atoms with Gasteiger partial charge in [0.2, 0.25) is 5.91 Å². The molecule has 0 aliphatic rings. The molecule has 38 heavy (non-hydrogen) atoms. The summed E-state index contributed by atoms with van der Waals surface area (Å²) in [7, 11) is 0. The predicted molar refractivity (Wildman–Crippen MR) is 139 cm³/mol. The molecule has 0 fully saturated rings. The van der Waals surface area contributed by atoms with Crippen LogP contribution in [0, 0.1) is 5.82 Å². The first-order chi connectivity index (χ1) is 18.2. The summed E-state index contributed by atoms with van der Waals surface area (Å²) < 4.78 is 19.0. The maximum absolute atomic E-state index is 13.3. The number of hydrogen-bond donors (Lipinski definition) is 4. The van der Waals surface area contributed by atoms with Gasteiger partial charge in [0.25, 0.3) is 0 Å². The normalized spacial score (nSPS) is 10.1. The highest BCUT2D eigenvalue weighted by atomic mass is 35.5. The van der Waals surface area contributed by atoms with Gasteiger partial charge in [0.1, 0.15) is 30.3 Å². The first-order valence-electron chi connectivity index (χ1n) is 10.7. The van der Waals surface area contributed by atoms with Crippen molar-refractivity contribution < 1.29 is 33.7 Å². The summed E-state index contributed by atoms with van der Waals surface area (Å²) in [6.07, 6.45) is 2.65. The van der Waals surface area contributed by atoms with Crippen LogP contribution in [0.25, 0.3) is 10.9 Å². The Morgan fingerprint density at radius 2 is 1.74 bits per heavy atom. The van der Waals surface area contributed by atoms with Crippen molar-refractivity contribution in [1.82, 2.24) is 9.97 Å². The summed E-state index contributed by atoms with van der Waals surface area (Å²) >= 11 is 6.38. The van der Waals surface area contributed by atoms with Crippen LogP contribution in [-0.4, -0.2) is 38.0 Å². The van der Waals surface area contributed by atoms with Gasteiger partial charge in [-0.05, 0) is 60.2 Å². The lowest BCUT2D eigenvalue weighted by atomic mass is 10.2. The molecule has 12 heteroatoms. The van der Waals surface area contributed by atoms with Gasteiger partial charge in [-0.3, -0.25) is 4.79 Å². The van der Waals surface area contributed by atoms with Gasteiger partial charge in [-0.15, -0.1) is 0 Å². The van der Waals surface area contributed by atoms with Crippen molar-refractivity contribution in [3.63, 3.8) is 0 Å². The number of carboxylic acids is 2. The smallest absolute Gasteiger partial charge is 0.414 e. The Morgan fingerprint density at radius 3 is 2.39 bits per heavy atom. The molecule has 1 amide bonds. The maximum Gasteiger partial charge on any atom is 0.414 e. The number of nitrogens with one attached hydrogen (secondary N) is 2. The molecule has 0 spiro atoms.